The molecule has 34 heavy (non-hydrogen) atoms. The lowest BCUT2D eigenvalue weighted by Crippen LogP contribution is -2.43. The number of fused-ring (bicyclic) bond motifs is 2. The Kier molecular flexibility index (Phi) is 6.20. The molecule has 0 bridgehead atoms. The smallest absolute Gasteiger partial charge is 0.409 e. The van der Waals surface area contributed by atoms with Gasteiger partial charge in [0.15, 0.2) is 11.4 Å². The molecule has 1 aromatic heterocycles. The molecular formula is C21H22FN5O6S. The van der Waals surface area contributed by atoms with Crippen LogP contribution >= 0.6 is 0 Å². The summed E-state index contributed by atoms with van der Waals surface area (Å²) in [5.41, 5.74) is -0.158. The Morgan fingerprint density at radius 1 is 1.38 bits per heavy atom. The summed E-state index contributed by atoms with van der Waals surface area (Å²) in [6, 6.07) is 4.61. The molecule has 2 amide bonds. The first kappa shape index (κ1) is 23.5. The van der Waals surface area contributed by atoms with Crippen LogP contribution in [0.25, 0.3) is 0 Å². The fraction of sp³-hybridized carbons (Fsp3) is 0.381. The minimum atomic E-state index is -4.09. The number of nitriles is 1. The SMILES string of the molecule is CCOC(=O)N1C[C@H]2COc3c(cn(C)c3C(=O)Nc3ccc(F)c(C#N)c3)S(=O)(=O)N[C@H]2C1. The number of rotatable bonds is 3. The molecule has 2 aromatic rings. The fourth-order valence-corrected chi connectivity index (χ4v) is 5.53. The number of hydrogen-bond donors (Lipinski definition) is 2. The van der Waals surface area contributed by atoms with Crippen molar-refractivity contribution in [1.82, 2.24) is 14.2 Å². The van der Waals surface area contributed by atoms with Gasteiger partial charge in [-0.3, -0.25) is 4.79 Å². The lowest BCUT2D eigenvalue weighted by molar-refractivity contribution is 0.101. The summed E-state index contributed by atoms with van der Waals surface area (Å²) in [6.45, 7) is 2.28. The van der Waals surface area contributed by atoms with Gasteiger partial charge in [-0.25, -0.2) is 22.3 Å². The van der Waals surface area contributed by atoms with Crippen molar-refractivity contribution < 1.29 is 31.9 Å². The van der Waals surface area contributed by atoms with Crippen LogP contribution in [0, 0.1) is 23.1 Å². The first-order valence-electron chi connectivity index (χ1n) is 10.4. The monoisotopic (exact) mass is 491 g/mol. The predicted molar refractivity (Wildman–Crippen MR) is 116 cm³/mol. The third-order valence-corrected chi connectivity index (χ3v) is 7.15. The molecule has 11 nitrogen and oxygen atoms in total. The van der Waals surface area contributed by atoms with E-state index >= 15 is 0 Å². The van der Waals surface area contributed by atoms with Crippen molar-refractivity contribution in [2.45, 2.75) is 17.9 Å². The topological polar surface area (TPSA) is 143 Å². The number of amides is 2. The number of likely N-dealkylation sites (tertiary alicyclic amines) is 1. The number of carbonyl (C=O) groups excluding carboxylic acids is 2. The molecule has 4 rings (SSSR count). The molecule has 180 valence electrons. The highest BCUT2D eigenvalue weighted by atomic mass is 32.2. The van der Waals surface area contributed by atoms with Gasteiger partial charge in [0.2, 0.25) is 10.0 Å². The molecule has 0 spiro atoms. The minimum absolute atomic E-state index is 0.0511. The minimum Gasteiger partial charge on any atom is -0.489 e. The zero-order valence-electron chi connectivity index (χ0n) is 18.4. The van der Waals surface area contributed by atoms with E-state index in [4.69, 9.17) is 14.7 Å². The maximum atomic E-state index is 13.6. The van der Waals surface area contributed by atoms with Gasteiger partial charge in [0.25, 0.3) is 5.91 Å². The summed E-state index contributed by atoms with van der Waals surface area (Å²) < 4.78 is 54.6. The summed E-state index contributed by atoms with van der Waals surface area (Å²) in [4.78, 5) is 26.3. The number of ether oxygens (including phenoxy) is 2. The van der Waals surface area contributed by atoms with Gasteiger partial charge >= 0.3 is 6.09 Å². The van der Waals surface area contributed by atoms with Crippen molar-refractivity contribution in [3.63, 3.8) is 0 Å². The zero-order valence-corrected chi connectivity index (χ0v) is 19.2. The lowest BCUT2D eigenvalue weighted by atomic mass is 10.1. The van der Waals surface area contributed by atoms with Gasteiger partial charge in [0.1, 0.15) is 16.8 Å². The number of anilines is 1. The van der Waals surface area contributed by atoms with Crippen LogP contribution in [0.1, 0.15) is 23.0 Å². The maximum Gasteiger partial charge on any atom is 0.409 e. The van der Waals surface area contributed by atoms with Crippen molar-refractivity contribution >= 4 is 27.7 Å². The number of nitrogens with one attached hydrogen (secondary N) is 2. The molecule has 2 N–H and O–H groups in total. The average Bonchev–Trinajstić information content (AvgIpc) is 3.33. The molecule has 1 fully saturated rings. The van der Waals surface area contributed by atoms with Crippen molar-refractivity contribution in [2.75, 3.05) is 31.6 Å². The van der Waals surface area contributed by atoms with E-state index in [2.05, 4.69) is 10.0 Å². The average molecular weight is 492 g/mol. The van der Waals surface area contributed by atoms with Gasteiger partial charge in [0.05, 0.1) is 18.8 Å². The van der Waals surface area contributed by atoms with Gasteiger partial charge in [-0.2, -0.15) is 5.26 Å². The van der Waals surface area contributed by atoms with E-state index in [0.29, 0.717) is 0 Å². The van der Waals surface area contributed by atoms with E-state index in [-0.39, 0.29) is 59.8 Å². The Hall–Kier alpha value is -3.63. The number of carbonyl (C=O) groups is 2. The van der Waals surface area contributed by atoms with Crippen molar-refractivity contribution in [3.8, 4) is 11.8 Å². The maximum absolute atomic E-state index is 13.6. The summed E-state index contributed by atoms with van der Waals surface area (Å²) in [6.07, 6.45) is 0.721. The molecule has 13 heteroatoms. The van der Waals surface area contributed by atoms with Crippen LogP contribution in [0.4, 0.5) is 14.9 Å². The van der Waals surface area contributed by atoms with Crippen molar-refractivity contribution in [2.24, 2.45) is 13.0 Å². The lowest BCUT2D eigenvalue weighted by Gasteiger charge is -2.23. The molecule has 0 unspecified atom stereocenters. The summed E-state index contributed by atoms with van der Waals surface area (Å²) in [7, 11) is -2.60. The number of benzene rings is 1. The number of halogens is 1. The number of hydrogen-bond acceptors (Lipinski definition) is 7. The van der Waals surface area contributed by atoms with Gasteiger partial charge in [0, 0.05) is 44.0 Å². The predicted octanol–water partition coefficient (Wildman–Crippen LogP) is 1.42. The van der Waals surface area contributed by atoms with Crippen molar-refractivity contribution in [1.29, 1.82) is 5.26 Å². The van der Waals surface area contributed by atoms with Crippen LogP contribution in [0.3, 0.4) is 0 Å². The van der Waals surface area contributed by atoms with Gasteiger partial charge in [-0.05, 0) is 25.1 Å². The highest BCUT2D eigenvalue weighted by Crippen LogP contribution is 2.34. The third kappa shape index (κ3) is 4.29. The van der Waals surface area contributed by atoms with Crippen LogP contribution in [0.5, 0.6) is 5.75 Å². The van der Waals surface area contributed by atoms with Gasteiger partial charge < -0.3 is 24.3 Å². The number of sulfonamides is 1. The van der Waals surface area contributed by atoms with Crippen LogP contribution in [0.2, 0.25) is 0 Å². The molecule has 2 aliphatic rings. The quantitative estimate of drug-likeness (QED) is 0.661. The molecule has 3 heterocycles. The molecule has 1 aromatic carbocycles. The Morgan fingerprint density at radius 2 is 2.15 bits per heavy atom. The van der Waals surface area contributed by atoms with E-state index in [1.807, 2.05) is 0 Å². The van der Waals surface area contributed by atoms with E-state index in [9.17, 15) is 22.4 Å². The van der Waals surface area contributed by atoms with E-state index in [1.54, 1.807) is 13.0 Å². The first-order valence-corrected chi connectivity index (χ1v) is 11.9. The fourth-order valence-electron chi connectivity index (χ4n) is 4.04. The largest absolute Gasteiger partial charge is 0.489 e. The summed E-state index contributed by atoms with van der Waals surface area (Å²) in [5.74, 6) is -1.93. The molecule has 0 radical (unpaired) electrons. The summed E-state index contributed by atoms with van der Waals surface area (Å²) >= 11 is 0. The van der Waals surface area contributed by atoms with Crippen LogP contribution in [-0.2, 0) is 21.8 Å². The Morgan fingerprint density at radius 3 is 2.85 bits per heavy atom. The first-order chi connectivity index (χ1) is 16.1. The van der Waals surface area contributed by atoms with Gasteiger partial charge in [-0.15, -0.1) is 0 Å². The van der Waals surface area contributed by atoms with E-state index in [0.717, 1.165) is 6.07 Å². The standard InChI is InChI=1S/C21H22FN5O6S/c1-3-32-21(29)27-8-13-11-33-19-17(34(30,31)25-16(13)9-27)10-26(2)18(19)20(28)24-14-4-5-15(22)12(6-14)7-23/h4-6,10,13,16,25H,3,8-9,11H2,1-2H3,(H,24,28)/t13-,16-/m0/s1. The van der Waals surface area contributed by atoms with E-state index in [1.165, 1.54) is 34.8 Å². The van der Waals surface area contributed by atoms with Crippen LogP contribution < -0.4 is 14.8 Å². The number of nitrogens with zero attached hydrogens (tertiary/aromatic N) is 3. The highest BCUT2D eigenvalue weighted by molar-refractivity contribution is 7.89. The molecule has 0 aliphatic carbocycles. The van der Waals surface area contributed by atoms with Crippen LogP contribution in [0.15, 0.2) is 29.3 Å². The highest BCUT2D eigenvalue weighted by Gasteiger charge is 2.42. The Bertz CT molecular complexity index is 1300. The van der Waals surface area contributed by atoms with E-state index < -0.39 is 33.9 Å². The Balaban J connectivity index is 1.62. The second-order valence-corrected chi connectivity index (χ2v) is 9.63. The van der Waals surface area contributed by atoms with Gasteiger partial charge in [-0.1, -0.05) is 0 Å². The molecule has 1 saturated heterocycles. The Labute approximate surface area is 195 Å². The molecule has 2 atom stereocenters. The number of aryl methyl sites for hydroxylation is 1. The third-order valence-electron chi connectivity index (χ3n) is 5.67. The van der Waals surface area contributed by atoms with Crippen LogP contribution in [-0.4, -0.2) is 62.2 Å². The normalized spacial score (nSPS) is 20.7. The molecule has 2 aliphatic heterocycles. The zero-order chi connectivity index (χ0) is 24.6. The summed E-state index contributed by atoms with van der Waals surface area (Å²) in [5, 5.41) is 11.5. The number of aromatic nitrogens is 1. The molecular weight excluding hydrogens is 469 g/mol. The second kappa shape index (κ2) is 8.96. The second-order valence-electron chi connectivity index (χ2n) is 7.95. The van der Waals surface area contributed by atoms with Crippen molar-refractivity contribution in [3.05, 3.63) is 41.5 Å². The molecule has 0 saturated carbocycles.